The standard InChI is InChI=1S/C15H22N4.C2HF3O2/c1-9(2)8-12-13-10-6-4-5-7-11(10)17-15(16)14(13)18-19(12)3;3-2(4,5)1(6)7/h9H,4-8H2,1-3H3,(H2,16,17);(H,6,7). The summed E-state index contributed by atoms with van der Waals surface area (Å²) in [6.45, 7) is 4.49. The maximum Gasteiger partial charge on any atom is 0.490 e. The molecule has 3 rings (SSSR count). The highest BCUT2D eigenvalue weighted by atomic mass is 19.4. The molecule has 1 aliphatic carbocycles. The minimum Gasteiger partial charge on any atom is -0.475 e. The van der Waals surface area contributed by atoms with E-state index in [1.807, 2.05) is 11.7 Å². The van der Waals surface area contributed by atoms with E-state index >= 15 is 0 Å². The number of hydrogen-bond donors (Lipinski definition) is 2. The van der Waals surface area contributed by atoms with Crippen molar-refractivity contribution in [3.05, 3.63) is 17.0 Å². The molecule has 3 N–H and O–H groups in total. The Labute approximate surface area is 149 Å². The second-order valence-corrected chi connectivity index (χ2v) is 6.82. The highest BCUT2D eigenvalue weighted by Gasteiger charge is 2.38. The lowest BCUT2D eigenvalue weighted by Crippen LogP contribution is -2.21. The molecular formula is C17H23F3N4O2. The van der Waals surface area contributed by atoms with E-state index in [0.717, 1.165) is 24.8 Å². The van der Waals surface area contributed by atoms with Gasteiger partial charge in [0.05, 0.1) is 0 Å². The van der Waals surface area contributed by atoms with Crippen molar-refractivity contribution in [2.75, 3.05) is 5.73 Å². The van der Waals surface area contributed by atoms with Gasteiger partial charge in [-0.3, -0.25) is 4.68 Å². The van der Waals surface area contributed by atoms with Crippen LogP contribution in [0.15, 0.2) is 0 Å². The van der Waals surface area contributed by atoms with Crippen molar-refractivity contribution in [3.63, 3.8) is 0 Å². The summed E-state index contributed by atoms with van der Waals surface area (Å²) in [4.78, 5) is 13.5. The molecule has 0 saturated carbocycles. The molecule has 144 valence electrons. The van der Waals surface area contributed by atoms with Crippen molar-refractivity contribution >= 4 is 22.7 Å². The minimum absolute atomic E-state index is 0.598. The number of carboxylic acid groups (broad SMARTS) is 1. The number of pyridine rings is 1. The van der Waals surface area contributed by atoms with Crippen molar-refractivity contribution in [2.24, 2.45) is 13.0 Å². The van der Waals surface area contributed by atoms with E-state index in [1.165, 1.54) is 35.2 Å². The van der Waals surface area contributed by atoms with Gasteiger partial charge in [-0.1, -0.05) is 13.8 Å². The van der Waals surface area contributed by atoms with E-state index in [1.54, 1.807) is 0 Å². The SMILES string of the molecule is CC(C)Cc1c2c3c(nc(N)c2nn1C)CCCC3.O=C(O)C(F)(F)F. The Morgan fingerprint density at radius 3 is 2.42 bits per heavy atom. The van der Waals surface area contributed by atoms with Gasteiger partial charge in [-0.15, -0.1) is 0 Å². The van der Waals surface area contributed by atoms with Gasteiger partial charge in [0.15, 0.2) is 5.82 Å². The molecule has 9 heteroatoms. The van der Waals surface area contributed by atoms with Crippen LogP contribution in [0, 0.1) is 5.92 Å². The number of carbonyl (C=O) groups is 1. The molecule has 0 atom stereocenters. The Morgan fingerprint density at radius 1 is 1.31 bits per heavy atom. The number of hydrogen-bond acceptors (Lipinski definition) is 4. The van der Waals surface area contributed by atoms with Crippen LogP contribution in [0.2, 0.25) is 0 Å². The Morgan fingerprint density at radius 2 is 1.88 bits per heavy atom. The average molecular weight is 372 g/mol. The summed E-state index contributed by atoms with van der Waals surface area (Å²) in [5.74, 6) is -1.54. The lowest BCUT2D eigenvalue weighted by Gasteiger charge is -2.17. The van der Waals surface area contributed by atoms with Crippen LogP contribution in [0.4, 0.5) is 19.0 Å². The molecule has 2 heterocycles. The van der Waals surface area contributed by atoms with Crippen molar-refractivity contribution < 1.29 is 23.1 Å². The number of rotatable bonds is 2. The number of aryl methyl sites for hydroxylation is 3. The van der Waals surface area contributed by atoms with Gasteiger partial charge in [0.25, 0.3) is 0 Å². The largest absolute Gasteiger partial charge is 0.490 e. The number of aromatic nitrogens is 3. The first-order valence-electron chi connectivity index (χ1n) is 8.45. The summed E-state index contributed by atoms with van der Waals surface area (Å²) in [6.07, 6.45) is 0.624. The van der Waals surface area contributed by atoms with Gasteiger partial charge >= 0.3 is 12.1 Å². The molecule has 26 heavy (non-hydrogen) atoms. The summed E-state index contributed by atoms with van der Waals surface area (Å²) >= 11 is 0. The fraction of sp³-hybridized carbons (Fsp3) is 0.588. The number of fused-ring (bicyclic) bond motifs is 3. The fourth-order valence-electron chi connectivity index (χ4n) is 3.16. The Kier molecular flexibility index (Phi) is 5.77. The van der Waals surface area contributed by atoms with E-state index in [4.69, 9.17) is 15.6 Å². The molecule has 2 aromatic rings. The highest BCUT2D eigenvalue weighted by molar-refractivity contribution is 5.93. The molecule has 6 nitrogen and oxygen atoms in total. The van der Waals surface area contributed by atoms with E-state index in [9.17, 15) is 13.2 Å². The summed E-state index contributed by atoms with van der Waals surface area (Å²) in [5, 5.41) is 13.0. The molecule has 1 aliphatic rings. The quantitative estimate of drug-likeness (QED) is 0.844. The lowest BCUT2D eigenvalue weighted by molar-refractivity contribution is -0.192. The summed E-state index contributed by atoms with van der Waals surface area (Å²) < 4.78 is 33.7. The van der Waals surface area contributed by atoms with Crippen LogP contribution in [0.3, 0.4) is 0 Å². The number of anilines is 1. The van der Waals surface area contributed by atoms with Gasteiger partial charge in [0.2, 0.25) is 0 Å². The second-order valence-electron chi connectivity index (χ2n) is 6.82. The molecule has 0 aromatic carbocycles. The van der Waals surface area contributed by atoms with Gasteiger partial charge in [-0.25, -0.2) is 9.78 Å². The third-order valence-corrected chi connectivity index (χ3v) is 4.25. The number of aliphatic carboxylic acids is 1. The van der Waals surface area contributed by atoms with Crippen LogP contribution in [-0.2, 0) is 31.1 Å². The zero-order valence-electron chi connectivity index (χ0n) is 15.0. The second kappa shape index (κ2) is 7.51. The van der Waals surface area contributed by atoms with Gasteiger partial charge in [0, 0.05) is 23.8 Å². The Balaban J connectivity index is 0.000000298. The van der Waals surface area contributed by atoms with Crippen molar-refractivity contribution in [1.29, 1.82) is 0 Å². The van der Waals surface area contributed by atoms with Crippen LogP contribution < -0.4 is 5.73 Å². The van der Waals surface area contributed by atoms with E-state index in [0.29, 0.717) is 11.7 Å². The summed E-state index contributed by atoms with van der Waals surface area (Å²) in [6, 6.07) is 0. The minimum atomic E-state index is -5.08. The zero-order chi connectivity index (χ0) is 19.6. The van der Waals surface area contributed by atoms with Gasteiger partial charge in [-0.2, -0.15) is 18.3 Å². The average Bonchev–Trinajstić information content (AvgIpc) is 2.84. The number of alkyl halides is 3. The molecular weight excluding hydrogens is 349 g/mol. The van der Waals surface area contributed by atoms with E-state index < -0.39 is 12.1 Å². The maximum absolute atomic E-state index is 10.6. The number of halogens is 3. The predicted molar refractivity (Wildman–Crippen MR) is 91.8 cm³/mol. The third-order valence-electron chi connectivity index (χ3n) is 4.25. The molecule has 0 saturated heterocycles. The van der Waals surface area contributed by atoms with Crippen molar-refractivity contribution in [2.45, 2.75) is 52.1 Å². The molecule has 0 unspecified atom stereocenters. The summed E-state index contributed by atoms with van der Waals surface area (Å²) in [5.41, 5.74) is 10.9. The third kappa shape index (κ3) is 4.25. The van der Waals surface area contributed by atoms with Gasteiger partial charge in [-0.05, 0) is 43.6 Å². The fourth-order valence-corrected chi connectivity index (χ4v) is 3.16. The molecule has 0 fully saturated rings. The molecule has 2 aromatic heterocycles. The molecule has 0 amide bonds. The number of nitrogens with zero attached hydrogens (tertiary/aromatic N) is 3. The van der Waals surface area contributed by atoms with Crippen LogP contribution >= 0.6 is 0 Å². The normalized spacial score (nSPS) is 14.1. The first-order valence-corrected chi connectivity index (χ1v) is 8.45. The topological polar surface area (TPSA) is 94.0 Å². The van der Waals surface area contributed by atoms with E-state index in [2.05, 4.69) is 23.9 Å². The van der Waals surface area contributed by atoms with Crippen LogP contribution in [-0.4, -0.2) is 32.0 Å². The predicted octanol–water partition coefficient (Wildman–Crippen LogP) is 3.26. The first kappa shape index (κ1) is 20.0. The molecule has 0 bridgehead atoms. The number of nitrogens with two attached hydrogens (primary N) is 1. The monoisotopic (exact) mass is 372 g/mol. The number of nitrogen functional groups attached to an aromatic ring is 1. The van der Waals surface area contributed by atoms with E-state index in [-0.39, 0.29) is 0 Å². The van der Waals surface area contributed by atoms with Gasteiger partial charge in [0.1, 0.15) is 5.52 Å². The van der Waals surface area contributed by atoms with Crippen molar-refractivity contribution in [1.82, 2.24) is 14.8 Å². The number of carboxylic acids is 1. The lowest BCUT2D eigenvalue weighted by atomic mass is 9.91. The van der Waals surface area contributed by atoms with Crippen LogP contribution in [0.25, 0.3) is 10.9 Å². The smallest absolute Gasteiger partial charge is 0.475 e. The zero-order valence-corrected chi connectivity index (χ0v) is 15.0. The first-order chi connectivity index (χ1) is 12.0. The Bertz CT molecular complexity index is 813. The van der Waals surface area contributed by atoms with Crippen LogP contribution in [0.5, 0.6) is 0 Å². The molecule has 0 aliphatic heterocycles. The Hall–Kier alpha value is -2.32. The maximum atomic E-state index is 10.6. The molecule has 0 spiro atoms. The van der Waals surface area contributed by atoms with Gasteiger partial charge < -0.3 is 10.8 Å². The highest BCUT2D eigenvalue weighted by Crippen LogP contribution is 2.33. The summed E-state index contributed by atoms with van der Waals surface area (Å²) in [7, 11) is 2.02. The van der Waals surface area contributed by atoms with Crippen molar-refractivity contribution in [3.8, 4) is 0 Å². The molecule has 0 radical (unpaired) electrons. The van der Waals surface area contributed by atoms with Crippen LogP contribution in [0.1, 0.15) is 43.6 Å².